The van der Waals surface area contributed by atoms with Gasteiger partial charge in [0.25, 0.3) is 0 Å². The summed E-state index contributed by atoms with van der Waals surface area (Å²) in [7, 11) is 0. The average molecular weight is 718 g/mol. The van der Waals surface area contributed by atoms with Crippen molar-refractivity contribution in [2.75, 3.05) is 0 Å². The van der Waals surface area contributed by atoms with Crippen LogP contribution >= 0.6 is 65.9 Å². The second-order valence-electron chi connectivity index (χ2n) is 7.44. The average Bonchev–Trinajstić information content (AvgIpc) is 3.67. The van der Waals surface area contributed by atoms with Crippen LogP contribution in [0.15, 0.2) is 50.7 Å². The number of hydrogen-bond acceptors (Lipinski definition) is 3. The molecule has 0 atom stereocenters. The lowest BCUT2D eigenvalue weighted by Crippen LogP contribution is -1.99. The molecule has 3 aromatic heterocycles. The van der Waals surface area contributed by atoms with Crippen molar-refractivity contribution in [3.8, 4) is 30.6 Å². The summed E-state index contributed by atoms with van der Waals surface area (Å²) in [5.74, 6) is -12.8. The van der Waals surface area contributed by atoms with Crippen LogP contribution in [0.4, 0.5) is 35.1 Å². The number of rotatable bonds is 3. The fraction of sp³-hybridized carbons (Fsp3) is 0.0400. The van der Waals surface area contributed by atoms with Gasteiger partial charge in [0.1, 0.15) is 0 Å². The molecule has 5 aromatic rings. The summed E-state index contributed by atoms with van der Waals surface area (Å²) in [6.07, 6.45) is 0. The minimum Gasteiger partial charge on any atom is -0.203 e. The van der Waals surface area contributed by atoms with E-state index in [1.165, 1.54) is 29.1 Å². The molecule has 2 aromatic carbocycles. The lowest BCUT2D eigenvalue weighted by Gasteiger charge is -2.07. The molecule has 0 spiro atoms. The zero-order valence-electron chi connectivity index (χ0n) is 18.5. The Kier molecular flexibility index (Phi) is 8.82. The summed E-state index contributed by atoms with van der Waals surface area (Å²) >= 11 is 8.16. The van der Waals surface area contributed by atoms with Gasteiger partial charge in [-0.2, -0.15) is 0 Å². The minimum absolute atomic E-state index is 0.145. The molecule has 0 aliphatic carbocycles. The second kappa shape index (κ2) is 11.6. The van der Waals surface area contributed by atoms with Crippen LogP contribution in [-0.4, -0.2) is 0 Å². The van der Waals surface area contributed by atoms with Crippen LogP contribution in [0.1, 0.15) is 4.88 Å². The number of halogens is 10. The molecule has 0 aliphatic heterocycles. The lowest BCUT2D eigenvalue weighted by molar-refractivity contribution is 0.451. The predicted octanol–water partition coefficient (Wildman–Crippen LogP) is 11.5. The summed E-state index contributed by atoms with van der Waals surface area (Å²) in [5, 5.41) is 2.08. The molecule has 0 saturated heterocycles. The van der Waals surface area contributed by atoms with Gasteiger partial charge >= 0.3 is 0 Å². The Morgan fingerprint density at radius 2 is 0.842 bits per heavy atom. The Hall–Kier alpha value is -2.06. The van der Waals surface area contributed by atoms with E-state index in [0.29, 0.717) is 9.75 Å². The van der Waals surface area contributed by atoms with Crippen LogP contribution in [-0.2, 0) is 0 Å². The molecule has 3 heterocycles. The van der Waals surface area contributed by atoms with E-state index >= 15 is 0 Å². The zero-order valence-corrected chi connectivity index (χ0v) is 24.2. The summed E-state index contributed by atoms with van der Waals surface area (Å²) in [4.78, 5) is 1.76. The minimum atomic E-state index is -1.60. The molecule has 0 amide bonds. The van der Waals surface area contributed by atoms with Gasteiger partial charge in [-0.3, -0.25) is 0 Å². The SMILES string of the molecule is Cc1cccs1.Fc1c(F)c(-c2ccc(-c3ccc(-c4c(F)c(F)c(Br)c(F)c4F)s3)s2)c(F)c(F)c1Br. The Labute approximate surface area is 239 Å². The Morgan fingerprint density at radius 3 is 1.11 bits per heavy atom. The number of hydrogen-bond donors (Lipinski definition) is 0. The van der Waals surface area contributed by atoms with Crippen molar-refractivity contribution in [1.29, 1.82) is 0 Å². The molecule has 0 N–H and O–H groups in total. The third-order valence-electron chi connectivity index (χ3n) is 5.03. The number of aryl methyl sites for hydroxylation is 1. The van der Waals surface area contributed by atoms with Gasteiger partial charge in [-0.05, 0) is 74.5 Å². The highest BCUT2D eigenvalue weighted by Gasteiger charge is 2.28. The maximum atomic E-state index is 14.3. The Morgan fingerprint density at radius 1 is 0.500 bits per heavy atom. The van der Waals surface area contributed by atoms with Crippen molar-refractivity contribution in [3.63, 3.8) is 0 Å². The fourth-order valence-corrected chi connectivity index (χ4v) is 6.61. The van der Waals surface area contributed by atoms with E-state index in [1.807, 2.05) is 0 Å². The van der Waals surface area contributed by atoms with E-state index in [9.17, 15) is 35.1 Å². The maximum Gasteiger partial charge on any atom is 0.176 e. The van der Waals surface area contributed by atoms with Crippen molar-refractivity contribution in [3.05, 3.63) is 102 Å². The van der Waals surface area contributed by atoms with E-state index in [-0.39, 0.29) is 9.75 Å². The zero-order chi connectivity index (χ0) is 27.9. The van der Waals surface area contributed by atoms with E-state index in [4.69, 9.17) is 0 Å². The monoisotopic (exact) mass is 716 g/mol. The van der Waals surface area contributed by atoms with Crippen LogP contribution in [0.5, 0.6) is 0 Å². The molecule has 0 unspecified atom stereocenters. The van der Waals surface area contributed by atoms with Gasteiger partial charge in [0, 0.05) is 24.4 Å². The first-order valence-electron chi connectivity index (χ1n) is 10.2. The number of benzene rings is 2. The third kappa shape index (κ3) is 5.35. The maximum absolute atomic E-state index is 14.3. The van der Waals surface area contributed by atoms with Gasteiger partial charge < -0.3 is 0 Å². The van der Waals surface area contributed by atoms with E-state index in [1.54, 1.807) is 11.3 Å². The van der Waals surface area contributed by atoms with E-state index in [2.05, 4.69) is 56.3 Å². The van der Waals surface area contributed by atoms with Crippen molar-refractivity contribution in [2.45, 2.75) is 6.92 Å². The smallest absolute Gasteiger partial charge is 0.176 e. The molecule has 0 fully saturated rings. The first-order chi connectivity index (χ1) is 17.9. The first kappa shape index (κ1) is 28.9. The molecule has 0 bridgehead atoms. The molecule has 0 radical (unpaired) electrons. The predicted molar refractivity (Wildman–Crippen MR) is 143 cm³/mol. The first-order valence-corrected chi connectivity index (χ1v) is 14.3. The Balaban J connectivity index is 0.000000494. The standard InChI is InChI=1S/C20H4Br2F8S2.C5H6S/c21-11-17(27)13(23)9(14(24)18(11)28)7-3-1-5(31-7)6-2-4-8(32-6)10-15(25)19(29)12(22)20(30)16(10)26;1-5-3-2-4-6-5/h1-4H;2-4H,1H3. The third-order valence-corrected chi connectivity index (χ3v) is 9.63. The molecule has 5 rings (SSSR count). The van der Waals surface area contributed by atoms with Gasteiger partial charge in [0.15, 0.2) is 46.5 Å². The number of thiophene rings is 3. The molecule has 0 saturated carbocycles. The van der Waals surface area contributed by atoms with Crippen molar-refractivity contribution < 1.29 is 35.1 Å². The molecule has 0 nitrogen and oxygen atoms in total. The normalized spacial score (nSPS) is 11.0. The van der Waals surface area contributed by atoms with E-state index in [0.717, 1.165) is 22.7 Å². The molecular weight excluding hydrogens is 708 g/mol. The van der Waals surface area contributed by atoms with Crippen molar-refractivity contribution in [2.24, 2.45) is 0 Å². The highest BCUT2D eigenvalue weighted by atomic mass is 79.9. The largest absolute Gasteiger partial charge is 0.203 e. The lowest BCUT2D eigenvalue weighted by atomic mass is 10.1. The quantitative estimate of drug-likeness (QED) is 0.0990. The summed E-state index contributed by atoms with van der Waals surface area (Å²) < 4.78 is 110. The van der Waals surface area contributed by atoms with Gasteiger partial charge in [0.05, 0.1) is 20.1 Å². The summed E-state index contributed by atoms with van der Waals surface area (Å²) in [6.45, 7) is 2.10. The van der Waals surface area contributed by atoms with Crippen LogP contribution in [0.3, 0.4) is 0 Å². The van der Waals surface area contributed by atoms with Gasteiger partial charge in [-0.15, -0.1) is 34.0 Å². The fourth-order valence-electron chi connectivity index (χ4n) is 3.21. The molecular formula is C25H10Br2F8S3. The molecule has 198 valence electrons. The molecule has 13 heteroatoms. The van der Waals surface area contributed by atoms with Crippen LogP contribution < -0.4 is 0 Å². The molecule has 38 heavy (non-hydrogen) atoms. The van der Waals surface area contributed by atoms with Crippen molar-refractivity contribution in [1.82, 2.24) is 0 Å². The van der Waals surface area contributed by atoms with Crippen molar-refractivity contribution >= 4 is 65.9 Å². The Bertz CT molecular complexity index is 1480. The molecule has 0 aliphatic rings. The van der Waals surface area contributed by atoms with Gasteiger partial charge in [0.2, 0.25) is 0 Å². The highest BCUT2D eigenvalue weighted by molar-refractivity contribution is 9.10. The highest BCUT2D eigenvalue weighted by Crippen LogP contribution is 2.44. The van der Waals surface area contributed by atoms with Crippen LogP contribution in [0, 0.1) is 53.5 Å². The summed E-state index contributed by atoms with van der Waals surface area (Å²) in [6, 6.07) is 9.34. The van der Waals surface area contributed by atoms with Crippen LogP contribution in [0.25, 0.3) is 30.6 Å². The van der Waals surface area contributed by atoms with Crippen LogP contribution in [0.2, 0.25) is 0 Å². The summed E-state index contributed by atoms with van der Waals surface area (Å²) in [5.41, 5.74) is -1.82. The second-order valence-corrected chi connectivity index (χ2v) is 12.3. The van der Waals surface area contributed by atoms with E-state index < -0.39 is 66.6 Å². The van der Waals surface area contributed by atoms with Gasteiger partial charge in [-0.25, -0.2) is 35.1 Å². The topological polar surface area (TPSA) is 0 Å². The van der Waals surface area contributed by atoms with Gasteiger partial charge in [-0.1, -0.05) is 6.07 Å².